The average Bonchev–Trinajstić information content (AvgIpc) is 2.67. The summed E-state index contributed by atoms with van der Waals surface area (Å²) in [5.74, 6) is 0. The van der Waals surface area contributed by atoms with Crippen LogP contribution in [0.25, 0.3) is 0 Å². The van der Waals surface area contributed by atoms with E-state index in [2.05, 4.69) is 0 Å². The Morgan fingerprint density at radius 2 is 0.893 bits per heavy atom. The van der Waals surface area contributed by atoms with Crippen LogP contribution in [0.1, 0.15) is 11.1 Å². The third-order valence-electron chi connectivity index (χ3n) is 4.18. The number of benzene rings is 3. The molecule has 0 radical (unpaired) electrons. The molecule has 0 saturated heterocycles. The largest absolute Gasteiger partial charge is 0.416 e. The summed E-state index contributed by atoms with van der Waals surface area (Å²) in [5, 5.41) is -0.227. The van der Waals surface area contributed by atoms with Crippen molar-refractivity contribution in [3.05, 3.63) is 90.0 Å². The highest BCUT2D eigenvalue weighted by Crippen LogP contribution is 2.45. The Kier molecular flexibility index (Phi) is 5.15. The zero-order valence-electron chi connectivity index (χ0n) is 14.1. The van der Waals surface area contributed by atoms with Gasteiger partial charge < -0.3 is 4.57 Å². The average molecular weight is 414 g/mol. The van der Waals surface area contributed by atoms with Gasteiger partial charge in [0.2, 0.25) is 0 Å². The Balaban J connectivity index is 2.37. The van der Waals surface area contributed by atoms with Crippen molar-refractivity contribution in [2.75, 3.05) is 0 Å². The lowest BCUT2D eigenvalue weighted by atomic mass is 10.1. The predicted octanol–water partition coefficient (Wildman–Crippen LogP) is 5.36. The van der Waals surface area contributed by atoms with Crippen LogP contribution in [0.2, 0.25) is 0 Å². The fourth-order valence-electron chi connectivity index (χ4n) is 2.84. The van der Waals surface area contributed by atoms with Crippen molar-refractivity contribution in [2.45, 2.75) is 12.4 Å². The molecule has 3 rings (SSSR count). The fraction of sp³-hybridized carbons (Fsp3) is 0.100. The minimum Gasteiger partial charge on any atom is -0.309 e. The summed E-state index contributed by atoms with van der Waals surface area (Å²) in [6.45, 7) is 0. The Morgan fingerprint density at radius 3 is 1.21 bits per heavy atom. The molecule has 0 spiro atoms. The van der Waals surface area contributed by atoms with Crippen LogP contribution in [0, 0.1) is 0 Å². The van der Waals surface area contributed by atoms with Gasteiger partial charge in [0, 0.05) is 15.9 Å². The van der Waals surface area contributed by atoms with Crippen molar-refractivity contribution >= 4 is 23.1 Å². The van der Waals surface area contributed by atoms with Gasteiger partial charge in [-0.05, 0) is 18.2 Å². The van der Waals surface area contributed by atoms with E-state index in [-0.39, 0.29) is 16.7 Å². The smallest absolute Gasteiger partial charge is 0.309 e. The first kappa shape index (κ1) is 20.2. The molecule has 0 heterocycles. The van der Waals surface area contributed by atoms with Crippen LogP contribution >= 0.6 is 7.14 Å². The van der Waals surface area contributed by atoms with Crippen molar-refractivity contribution in [1.82, 2.24) is 0 Å². The topological polar surface area (TPSA) is 17.1 Å². The van der Waals surface area contributed by atoms with E-state index in [0.29, 0.717) is 12.1 Å². The van der Waals surface area contributed by atoms with Crippen molar-refractivity contribution < 1.29 is 30.9 Å². The molecule has 0 atom stereocenters. The summed E-state index contributed by atoms with van der Waals surface area (Å²) >= 11 is 0. The third kappa shape index (κ3) is 3.85. The van der Waals surface area contributed by atoms with Crippen LogP contribution in [0.5, 0.6) is 0 Å². The molecule has 1 nitrogen and oxygen atoms in total. The van der Waals surface area contributed by atoms with E-state index >= 15 is 0 Å². The fourth-order valence-corrected chi connectivity index (χ4v) is 5.56. The molecule has 28 heavy (non-hydrogen) atoms. The highest BCUT2D eigenvalue weighted by Gasteiger charge is 2.40. The molecule has 0 unspecified atom stereocenters. The van der Waals surface area contributed by atoms with Gasteiger partial charge in [-0.2, -0.15) is 26.3 Å². The molecule has 0 aliphatic carbocycles. The first-order valence-corrected chi connectivity index (χ1v) is 9.75. The summed E-state index contributed by atoms with van der Waals surface area (Å²) in [5.41, 5.74) is -2.99. The summed E-state index contributed by atoms with van der Waals surface area (Å²) in [7, 11) is -3.97. The maximum absolute atomic E-state index is 14.0. The van der Waals surface area contributed by atoms with Gasteiger partial charge in [-0.15, -0.1) is 0 Å². The SMILES string of the molecule is O=P(c1ccccc1)(c1ccccc1)c1cc(C(F)(F)F)cc(C(F)(F)F)c1. The van der Waals surface area contributed by atoms with Gasteiger partial charge in [0.25, 0.3) is 0 Å². The minimum atomic E-state index is -5.02. The van der Waals surface area contributed by atoms with Gasteiger partial charge >= 0.3 is 12.4 Å². The maximum atomic E-state index is 14.0. The molecule has 0 aromatic heterocycles. The molecule has 0 N–H and O–H groups in total. The van der Waals surface area contributed by atoms with Gasteiger partial charge in [-0.1, -0.05) is 60.7 Å². The number of alkyl halides is 6. The standard InChI is InChI=1S/C20H13F6OP/c21-19(22,23)14-11-15(20(24,25)26)13-18(12-14)28(27,16-7-3-1-4-8-16)17-9-5-2-6-10-17/h1-13H. The molecule has 3 aromatic rings. The van der Waals surface area contributed by atoms with Crippen LogP contribution in [-0.2, 0) is 16.9 Å². The number of hydrogen-bond donors (Lipinski definition) is 0. The quantitative estimate of drug-likeness (QED) is 0.417. The highest BCUT2D eigenvalue weighted by atomic mass is 31.2. The summed E-state index contributed by atoms with van der Waals surface area (Å²) in [4.78, 5) is 0. The monoisotopic (exact) mass is 414 g/mol. The van der Waals surface area contributed by atoms with Crippen LogP contribution in [0.3, 0.4) is 0 Å². The summed E-state index contributed by atoms with van der Waals surface area (Å²) < 4.78 is 93.7. The summed E-state index contributed by atoms with van der Waals surface area (Å²) in [6.07, 6.45) is -10.0. The lowest BCUT2D eigenvalue weighted by Crippen LogP contribution is -2.27. The molecule has 0 aliphatic heterocycles. The van der Waals surface area contributed by atoms with Gasteiger partial charge in [-0.3, -0.25) is 0 Å². The van der Waals surface area contributed by atoms with E-state index in [1.165, 1.54) is 48.5 Å². The molecule has 0 bridgehead atoms. The van der Waals surface area contributed by atoms with Crippen molar-refractivity contribution in [2.24, 2.45) is 0 Å². The van der Waals surface area contributed by atoms with E-state index in [9.17, 15) is 30.9 Å². The Labute approximate surface area is 157 Å². The number of halogens is 6. The van der Waals surface area contributed by atoms with E-state index in [1.54, 1.807) is 12.1 Å². The van der Waals surface area contributed by atoms with Gasteiger partial charge in [0.05, 0.1) is 11.1 Å². The molecule has 0 aliphatic rings. The molecular formula is C20H13F6OP. The third-order valence-corrected chi connectivity index (χ3v) is 7.21. The maximum Gasteiger partial charge on any atom is 0.416 e. The first-order valence-electron chi connectivity index (χ1n) is 8.04. The second kappa shape index (κ2) is 7.13. The number of rotatable bonds is 3. The lowest BCUT2D eigenvalue weighted by Gasteiger charge is -2.22. The molecule has 0 saturated carbocycles. The predicted molar refractivity (Wildman–Crippen MR) is 95.8 cm³/mol. The molecule has 146 valence electrons. The Morgan fingerprint density at radius 1 is 0.536 bits per heavy atom. The highest BCUT2D eigenvalue weighted by molar-refractivity contribution is 7.85. The lowest BCUT2D eigenvalue weighted by molar-refractivity contribution is -0.142. The van der Waals surface area contributed by atoms with E-state index in [1.807, 2.05) is 0 Å². The van der Waals surface area contributed by atoms with Gasteiger partial charge in [0.15, 0.2) is 7.14 Å². The van der Waals surface area contributed by atoms with Gasteiger partial charge in [-0.25, -0.2) is 0 Å². The normalized spacial score (nSPS) is 12.8. The Hall–Kier alpha value is -2.53. The van der Waals surface area contributed by atoms with E-state index in [4.69, 9.17) is 0 Å². The zero-order valence-corrected chi connectivity index (χ0v) is 15.0. The minimum absolute atomic E-state index is 0.0316. The first-order chi connectivity index (χ1) is 13.0. The van der Waals surface area contributed by atoms with Crippen LogP contribution in [-0.4, -0.2) is 0 Å². The molecule has 0 fully saturated rings. The van der Waals surface area contributed by atoms with E-state index < -0.39 is 35.9 Å². The van der Waals surface area contributed by atoms with Crippen molar-refractivity contribution in [3.8, 4) is 0 Å². The van der Waals surface area contributed by atoms with E-state index in [0.717, 1.165) is 0 Å². The van der Waals surface area contributed by atoms with Gasteiger partial charge in [0.1, 0.15) is 0 Å². The molecule has 0 amide bonds. The van der Waals surface area contributed by atoms with Crippen LogP contribution in [0.4, 0.5) is 26.3 Å². The molecule has 8 heteroatoms. The van der Waals surface area contributed by atoms with Crippen molar-refractivity contribution in [1.29, 1.82) is 0 Å². The number of hydrogen-bond acceptors (Lipinski definition) is 1. The Bertz CT molecular complexity index is 935. The van der Waals surface area contributed by atoms with Crippen molar-refractivity contribution in [3.63, 3.8) is 0 Å². The second-order valence-electron chi connectivity index (χ2n) is 6.04. The van der Waals surface area contributed by atoms with Crippen LogP contribution in [0.15, 0.2) is 78.9 Å². The molecular weight excluding hydrogens is 401 g/mol. The second-order valence-corrected chi connectivity index (χ2v) is 8.81. The zero-order chi connectivity index (χ0) is 20.6. The van der Waals surface area contributed by atoms with Crippen LogP contribution < -0.4 is 15.9 Å². The summed E-state index contributed by atoms with van der Waals surface area (Å²) in [6, 6.07) is 16.2. The molecule has 3 aromatic carbocycles.